The minimum absolute atomic E-state index is 0.203. The van der Waals surface area contributed by atoms with Gasteiger partial charge < -0.3 is 39.9 Å². The average Bonchev–Trinajstić information content (AvgIpc) is 4.08. The molecule has 14 heteroatoms. The number of likely N-dealkylation sites (tertiary alicyclic amines) is 2. The molecule has 290 valence electrons. The van der Waals surface area contributed by atoms with Crippen molar-refractivity contribution in [3.05, 3.63) is 131 Å². The molecule has 3 aromatic carbocycles. The molecule has 2 saturated heterocycles. The Morgan fingerprint density at radius 1 is 0.679 bits per heavy atom. The molecule has 7 rings (SSSR count). The molecule has 2 aliphatic heterocycles. The Hall–Kier alpha value is -6.44. The Kier molecular flexibility index (Phi) is 11.7. The fourth-order valence-corrected chi connectivity index (χ4v) is 7.64. The summed E-state index contributed by atoms with van der Waals surface area (Å²) >= 11 is 0. The number of aromatic amines is 2. The summed E-state index contributed by atoms with van der Waals surface area (Å²) in [7, 11) is 2.56. The molecular weight excluding hydrogens is 713 g/mol. The van der Waals surface area contributed by atoms with Crippen LogP contribution >= 0.6 is 0 Å². The first-order valence-corrected chi connectivity index (χ1v) is 18.9. The molecule has 56 heavy (non-hydrogen) atoms. The highest BCUT2D eigenvalue weighted by molar-refractivity contribution is 5.88. The Morgan fingerprint density at radius 3 is 1.70 bits per heavy atom. The molecule has 2 fully saturated rings. The summed E-state index contributed by atoms with van der Waals surface area (Å²) in [5.41, 5.74) is 5.31. The minimum Gasteiger partial charge on any atom is -0.453 e. The molecule has 5 aromatic rings. The zero-order valence-electron chi connectivity index (χ0n) is 31.4. The molecule has 2 aliphatic rings. The lowest BCUT2D eigenvalue weighted by atomic mass is 10.0. The maximum absolute atomic E-state index is 13.9. The van der Waals surface area contributed by atoms with Crippen LogP contribution in [0.1, 0.15) is 83.9 Å². The molecule has 0 saturated carbocycles. The van der Waals surface area contributed by atoms with E-state index in [1.54, 1.807) is 16.0 Å². The number of rotatable bonds is 12. The van der Waals surface area contributed by atoms with Gasteiger partial charge in [0.25, 0.3) is 11.8 Å². The van der Waals surface area contributed by atoms with E-state index >= 15 is 0 Å². The molecule has 4 heterocycles. The van der Waals surface area contributed by atoms with E-state index in [1.165, 1.54) is 14.2 Å². The number of benzene rings is 3. The Labute approximate surface area is 325 Å². The van der Waals surface area contributed by atoms with Crippen LogP contribution in [-0.2, 0) is 31.9 Å². The van der Waals surface area contributed by atoms with Gasteiger partial charge >= 0.3 is 12.2 Å². The minimum atomic E-state index is -0.879. The summed E-state index contributed by atoms with van der Waals surface area (Å²) in [6.07, 6.45) is 6.98. The number of ether oxygens (including phenoxy) is 2. The summed E-state index contributed by atoms with van der Waals surface area (Å²) in [4.78, 5) is 71.9. The number of amides is 4. The van der Waals surface area contributed by atoms with E-state index < -0.39 is 24.3 Å². The van der Waals surface area contributed by atoms with E-state index in [4.69, 9.17) is 9.47 Å². The van der Waals surface area contributed by atoms with E-state index in [-0.39, 0.29) is 23.9 Å². The quantitative estimate of drug-likeness (QED) is 0.118. The van der Waals surface area contributed by atoms with Gasteiger partial charge in [-0.15, -0.1) is 0 Å². The predicted octanol–water partition coefficient (Wildman–Crippen LogP) is 6.11. The molecule has 0 radical (unpaired) electrons. The van der Waals surface area contributed by atoms with E-state index in [2.05, 4.69) is 54.8 Å². The van der Waals surface area contributed by atoms with Crippen LogP contribution in [0.5, 0.6) is 0 Å². The first kappa shape index (κ1) is 37.9. The number of nitrogens with one attached hydrogen (secondary N) is 4. The number of H-pyrrole nitrogens is 2. The molecular formula is C42H46N8O6. The van der Waals surface area contributed by atoms with Gasteiger partial charge in [0.15, 0.2) is 0 Å². The third-order valence-corrected chi connectivity index (χ3v) is 10.5. The highest BCUT2D eigenvalue weighted by atomic mass is 16.5. The number of alkyl carbamates (subject to hydrolysis) is 2. The zero-order chi connectivity index (χ0) is 39.0. The van der Waals surface area contributed by atoms with E-state index in [0.29, 0.717) is 30.0 Å². The monoisotopic (exact) mass is 758 g/mol. The molecule has 1 unspecified atom stereocenters. The second-order valence-electron chi connectivity index (χ2n) is 14.0. The summed E-state index contributed by atoms with van der Waals surface area (Å²) < 4.78 is 9.63. The van der Waals surface area contributed by atoms with Gasteiger partial charge in [-0.2, -0.15) is 0 Å². The standard InChI is InChI=1S/C42H46N8O6/c1-55-41(53)47-35(29-11-5-3-6-12-29)39(51)49-23-9-15-33(49)37-43-25-31(45-37)22-19-27-17-20-28(21-18-27)32-26-44-38(46-32)34-16-10-24-50(34)40(52)36(48-42(54)56-2)30-13-7-4-8-14-30/h3-8,11-14,17-18,20-21,25-26,33-36H,9-10,15-16,19,22-24H2,1-2H3,(H,43,45)(H,44,46)(H,47,53)(H,48,54)/t33-,34?,35+,36+/m0/s1. The van der Waals surface area contributed by atoms with Crippen LogP contribution < -0.4 is 10.6 Å². The lowest BCUT2D eigenvalue weighted by Gasteiger charge is -2.28. The number of carbonyl (C=O) groups excluding carboxylic acids is 4. The van der Waals surface area contributed by atoms with Crippen molar-refractivity contribution in [1.82, 2.24) is 40.4 Å². The van der Waals surface area contributed by atoms with Crippen LogP contribution in [0.3, 0.4) is 0 Å². The number of hydrogen-bond acceptors (Lipinski definition) is 8. The second-order valence-corrected chi connectivity index (χ2v) is 14.0. The van der Waals surface area contributed by atoms with Crippen molar-refractivity contribution in [3.8, 4) is 11.3 Å². The van der Waals surface area contributed by atoms with Gasteiger partial charge in [-0.3, -0.25) is 9.59 Å². The molecule has 0 aliphatic carbocycles. The predicted molar refractivity (Wildman–Crippen MR) is 207 cm³/mol. The number of hydrogen-bond donors (Lipinski definition) is 4. The molecule has 2 aromatic heterocycles. The number of imidazole rings is 2. The summed E-state index contributed by atoms with van der Waals surface area (Å²) in [6.45, 7) is 1.12. The van der Waals surface area contributed by atoms with Crippen molar-refractivity contribution in [3.63, 3.8) is 0 Å². The maximum Gasteiger partial charge on any atom is 0.407 e. The van der Waals surface area contributed by atoms with Crippen molar-refractivity contribution in [1.29, 1.82) is 0 Å². The normalized spacial score (nSPS) is 17.6. The van der Waals surface area contributed by atoms with Crippen molar-refractivity contribution in [2.45, 2.75) is 62.7 Å². The largest absolute Gasteiger partial charge is 0.453 e. The van der Waals surface area contributed by atoms with Crippen LogP contribution in [0.25, 0.3) is 11.3 Å². The van der Waals surface area contributed by atoms with Gasteiger partial charge in [-0.25, -0.2) is 19.6 Å². The van der Waals surface area contributed by atoms with Crippen molar-refractivity contribution >= 4 is 24.0 Å². The topological polar surface area (TPSA) is 175 Å². The van der Waals surface area contributed by atoms with Crippen LogP contribution in [-0.4, -0.2) is 81.0 Å². The van der Waals surface area contributed by atoms with Crippen LogP contribution in [0.4, 0.5) is 9.59 Å². The van der Waals surface area contributed by atoms with Crippen molar-refractivity contribution in [2.75, 3.05) is 27.3 Å². The summed E-state index contributed by atoms with van der Waals surface area (Å²) in [6, 6.07) is 24.4. The summed E-state index contributed by atoms with van der Waals surface area (Å²) in [5.74, 6) is 1.02. The Balaban J connectivity index is 0.972. The highest BCUT2D eigenvalue weighted by Crippen LogP contribution is 2.35. The second kappa shape index (κ2) is 17.4. The first-order valence-electron chi connectivity index (χ1n) is 18.9. The summed E-state index contributed by atoms with van der Waals surface area (Å²) in [5, 5.41) is 5.41. The average molecular weight is 759 g/mol. The maximum atomic E-state index is 13.9. The molecule has 4 N–H and O–H groups in total. The van der Waals surface area contributed by atoms with Gasteiger partial charge in [0.1, 0.15) is 23.7 Å². The van der Waals surface area contributed by atoms with Gasteiger partial charge in [0, 0.05) is 25.0 Å². The number of carbonyl (C=O) groups is 4. The van der Waals surface area contributed by atoms with Gasteiger partial charge in [0.2, 0.25) is 0 Å². The van der Waals surface area contributed by atoms with E-state index in [0.717, 1.165) is 66.9 Å². The molecule has 14 nitrogen and oxygen atoms in total. The molecule has 4 amide bonds. The number of nitrogens with zero attached hydrogens (tertiary/aromatic N) is 4. The van der Waals surface area contributed by atoms with E-state index in [9.17, 15) is 19.2 Å². The Morgan fingerprint density at radius 2 is 1.18 bits per heavy atom. The fourth-order valence-electron chi connectivity index (χ4n) is 7.64. The zero-order valence-corrected chi connectivity index (χ0v) is 31.4. The number of aryl methyl sites for hydroxylation is 2. The van der Waals surface area contributed by atoms with E-state index in [1.807, 2.05) is 66.9 Å². The van der Waals surface area contributed by atoms with Gasteiger partial charge in [0.05, 0.1) is 38.2 Å². The third-order valence-electron chi connectivity index (χ3n) is 10.5. The number of methoxy groups -OCH3 is 2. The van der Waals surface area contributed by atoms with Crippen molar-refractivity contribution in [2.24, 2.45) is 0 Å². The highest BCUT2D eigenvalue weighted by Gasteiger charge is 2.38. The first-order chi connectivity index (χ1) is 27.3. The molecule has 0 bridgehead atoms. The third kappa shape index (κ3) is 8.43. The van der Waals surface area contributed by atoms with Crippen LogP contribution in [0, 0.1) is 0 Å². The smallest absolute Gasteiger partial charge is 0.407 e. The SMILES string of the molecule is COC(=O)N[C@@H](C(=O)N1CCCC1c1ncc(-c2ccc(CCc3cnc([C@@H]4CCCN4C(=O)[C@H](NC(=O)OC)c4ccccc4)[nH]3)cc2)[nH]1)c1ccccc1. The lowest BCUT2D eigenvalue weighted by Crippen LogP contribution is -2.42. The lowest BCUT2D eigenvalue weighted by molar-refractivity contribution is -0.135. The fraction of sp³-hybridized carbons (Fsp3) is 0.333. The van der Waals surface area contributed by atoms with Gasteiger partial charge in [-0.05, 0) is 60.8 Å². The number of aromatic nitrogens is 4. The molecule has 0 spiro atoms. The van der Waals surface area contributed by atoms with Crippen molar-refractivity contribution < 1.29 is 28.7 Å². The van der Waals surface area contributed by atoms with Gasteiger partial charge in [-0.1, -0.05) is 84.9 Å². The van der Waals surface area contributed by atoms with Crippen LogP contribution in [0.15, 0.2) is 97.3 Å². The molecule has 4 atom stereocenters. The Bertz CT molecular complexity index is 2120. The van der Waals surface area contributed by atoms with Crippen LogP contribution in [0.2, 0.25) is 0 Å².